The molecular formula is C23H35N5O4S. The molecule has 4 amide bonds. The van der Waals surface area contributed by atoms with Crippen molar-refractivity contribution < 1.29 is 19.1 Å². The number of hydrazine groups is 1. The molecule has 1 aromatic carbocycles. The predicted molar refractivity (Wildman–Crippen MR) is 129 cm³/mol. The Bertz CT molecular complexity index is 837. The highest BCUT2D eigenvalue weighted by molar-refractivity contribution is 7.98. The second kappa shape index (κ2) is 11.6. The lowest BCUT2D eigenvalue weighted by Gasteiger charge is -2.54. The molecule has 10 heteroatoms. The third-order valence-corrected chi connectivity index (χ3v) is 6.77. The Morgan fingerprint density at radius 3 is 2.61 bits per heavy atom. The number of benzene rings is 1. The summed E-state index contributed by atoms with van der Waals surface area (Å²) in [5.74, 6) is 1.40. The maximum absolute atomic E-state index is 13.3. The summed E-state index contributed by atoms with van der Waals surface area (Å²) in [4.78, 5) is 43.0. The van der Waals surface area contributed by atoms with Crippen molar-refractivity contribution in [3.8, 4) is 5.75 Å². The molecule has 2 aliphatic heterocycles. The van der Waals surface area contributed by atoms with E-state index in [1.807, 2.05) is 35.4 Å². The quantitative estimate of drug-likeness (QED) is 0.586. The van der Waals surface area contributed by atoms with Gasteiger partial charge in [-0.25, -0.2) is 14.8 Å². The molecule has 0 bridgehead atoms. The summed E-state index contributed by atoms with van der Waals surface area (Å²) in [7, 11) is 3.35. The van der Waals surface area contributed by atoms with Crippen molar-refractivity contribution in [3.63, 3.8) is 0 Å². The number of methoxy groups -OCH3 is 1. The molecule has 3 rings (SSSR count). The Morgan fingerprint density at radius 2 is 1.97 bits per heavy atom. The highest BCUT2D eigenvalue weighted by Gasteiger charge is 2.50. The van der Waals surface area contributed by atoms with Gasteiger partial charge in [0.1, 0.15) is 18.0 Å². The first-order valence-corrected chi connectivity index (χ1v) is 12.8. The Labute approximate surface area is 200 Å². The van der Waals surface area contributed by atoms with E-state index >= 15 is 0 Å². The number of hydrogen-bond donors (Lipinski definition) is 1. The van der Waals surface area contributed by atoms with Crippen LogP contribution in [0.2, 0.25) is 0 Å². The maximum Gasteiger partial charge on any atom is 0.334 e. The number of rotatable bonds is 9. The lowest BCUT2D eigenvalue weighted by molar-refractivity contribution is -0.187. The van der Waals surface area contributed by atoms with Crippen LogP contribution in [0.4, 0.5) is 4.79 Å². The maximum atomic E-state index is 13.3. The van der Waals surface area contributed by atoms with Gasteiger partial charge in [-0.1, -0.05) is 25.5 Å². The summed E-state index contributed by atoms with van der Waals surface area (Å²) in [6.07, 6.45) is 3.91. The minimum Gasteiger partial charge on any atom is -0.497 e. The molecule has 2 fully saturated rings. The van der Waals surface area contributed by atoms with Crippen LogP contribution in [0.1, 0.15) is 31.7 Å². The van der Waals surface area contributed by atoms with Crippen LogP contribution < -0.4 is 10.1 Å². The molecule has 2 aliphatic rings. The van der Waals surface area contributed by atoms with Gasteiger partial charge in [0, 0.05) is 20.1 Å². The standard InChI is InChI=1S/C23H35N5O4S/c1-5-6-12-26-15-20-27(19(22(26)30)11-13-33-4)21(29)16-25(2)28(20)23(31)24-14-17-7-9-18(32-3)10-8-17/h7-10,19-20H,5-6,11-16H2,1-4H3,(H,24,31)/t19-,20-/m0/s1. The van der Waals surface area contributed by atoms with E-state index in [0.29, 0.717) is 26.1 Å². The molecule has 0 radical (unpaired) electrons. The summed E-state index contributed by atoms with van der Waals surface area (Å²) in [6, 6.07) is 6.68. The number of ether oxygens (including phenoxy) is 1. The molecule has 2 saturated heterocycles. The largest absolute Gasteiger partial charge is 0.497 e. The zero-order valence-corrected chi connectivity index (χ0v) is 20.8. The summed E-state index contributed by atoms with van der Waals surface area (Å²) in [5, 5.41) is 6.23. The van der Waals surface area contributed by atoms with Crippen LogP contribution in [0.5, 0.6) is 5.75 Å². The number of hydrogen-bond acceptors (Lipinski definition) is 6. The van der Waals surface area contributed by atoms with Gasteiger partial charge in [0.25, 0.3) is 0 Å². The molecule has 1 aromatic rings. The van der Waals surface area contributed by atoms with Crippen molar-refractivity contribution in [2.75, 3.05) is 45.8 Å². The van der Waals surface area contributed by atoms with E-state index in [2.05, 4.69) is 12.2 Å². The zero-order valence-electron chi connectivity index (χ0n) is 20.0. The highest BCUT2D eigenvalue weighted by atomic mass is 32.2. The highest BCUT2D eigenvalue weighted by Crippen LogP contribution is 2.28. The monoisotopic (exact) mass is 477 g/mol. The first kappa shape index (κ1) is 25.2. The fourth-order valence-corrected chi connectivity index (χ4v) is 4.82. The summed E-state index contributed by atoms with van der Waals surface area (Å²) in [5.41, 5.74) is 0.943. The van der Waals surface area contributed by atoms with Crippen LogP contribution in [-0.4, -0.2) is 95.7 Å². The molecule has 2 heterocycles. The summed E-state index contributed by atoms with van der Waals surface area (Å²) >= 11 is 1.65. The zero-order chi connectivity index (χ0) is 24.0. The number of carbonyl (C=O) groups is 3. The molecular weight excluding hydrogens is 442 g/mol. The average Bonchev–Trinajstić information content (AvgIpc) is 2.81. The van der Waals surface area contributed by atoms with Crippen molar-refractivity contribution in [1.29, 1.82) is 0 Å². The van der Waals surface area contributed by atoms with Crippen LogP contribution >= 0.6 is 11.8 Å². The second-order valence-electron chi connectivity index (χ2n) is 8.38. The molecule has 0 aromatic heterocycles. The minimum atomic E-state index is -0.536. The number of unbranched alkanes of at least 4 members (excludes halogenated alkanes) is 1. The van der Waals surface area contributed by atoms with Crippen LogP contribution in [0.25, 0.3) is 0 Å². The van der Waals surface area contributed by atoms with Gasteiger partial charge >= 0.3 is 6.03 Å². The third-order valence-electron chi connectivity index (χ3n) is 6.13. The minimum absolute atomic E-state index is 0.00903. The van der Waals surface area contributed by atoms with E-state index in [1.54, 1.807) is 40.8 Å². The van der Waals surface area contributed by atoms with E-state index in [1.165, 1.54) is 0 Å². The van der Waals surface area contributed by atoms with E-state index in [9.17, 15) is 14.4 Å². The lowest BCUT2D eigenvalue weighted by atomic mass is 10.0. The number of piperazine rings is 1. The van der Waals surface area contributed by atoms with Crippen LogP contribution in [0, 0.1) is 0 Å². The summed E-state index contributed by atoms with van der Waals surface area (Å²) in [6.45, 7) is 3.45. The average molecular weight is 478 g/mol. The van der Waals surface area contributed by atoms with Crippen LogP contribution in [-0.2, 0) is 16.1 Å². The molecule has 33 heavy (non-hydrogen) atoms. The topological polar surface area (TPSA) is 85.4 Å². The molecule has 2 atom stereocenters. The van der Waals surface area contributed by atoms with Gasteiger partial charge in [-0.2, -0.15) is 11.8 Å². The SMILES string of the molecule is CCCCN1C[C@H]2N(C(=O)CN(C)N2C(=O)NCc2ccc(OC)cc2)[C@@H](CCSC)C1=O. The number of fused-ring (bicyclic) bond motifs is 1. The molecule has 182 valence electrons. The van der Waals surface area contributed by atoms with Gasteiger partial charge in [-0.05, 0) is 42.5 Å². The molecule has 0 aliphatic carbocycles. The van der Waals surface area contributed by atoms with Crippen LogP contribution in [0.15, 0.2) is 24.3 Å². The van der Waals surface area contributed by atoms with Gasteiger partial charge < -0.3 is 19.9 Å². The van der Waals surface area contributed by atoms with E-state index in [0.717, 1.165) is 29.9 Å². The number of carbonyl (C=O) groups excluding carboxylic acids is 3. The van der Waals surface area contributed by atoms with E-state index < -0.39 is 12.2 Å². The Hall–Kier alpha value is -2.46. The number of nitrogens with zero attached hydrogens (tertiary/aromatic N) is 4. The first-order valence-electron chi connectivity index (χ1n) is 11.4. The fourth-order valence-electron chi connectivity index (χ4n) is 4.36. The van der Waals surface area contributed by atoms with Crippen molar-refractivity contribution in [2.24, 2.45) is 0 Å². The Kier molecular flexibility index (Phi) is 8.85. The number of thioether (sulfide) groups is 1. The lowest BCUT2D eigenvalue weighted by Crippen LogP contribution is -2.76. The second-order valence-corrected chi connectivity index (χ2v) is 9.37. The first-order chi connectivity index (χ1) is 15.9. The van der Waals surface area contributed by atoms with Gasteiger partial charge in [0.05, 0.1) is 20.2 Å². The van der Waals surface area contributed by atoms with Crippen LogP contribution in [0.3, 0.4) is 0 Å². The number of nitrogens with one attached hydrogen (secondary N) is 1. The number of urea groups is 1. The van der Waals surface area contributed by atoms with Gasteiger partial charge in [-0.15, -0.1) is 0 Å². The van der Waals surface area contributed by atoms with Gasteiger partial charge in [0.15, 0.2) is 0 Å². The molecule has 0 saturated carbocycles. The summed E-state index contributed by atoms with van der Waals surface area (Å²) < 4.78 is 5.18. The van der Waals surface area contributed by atoms with E-state index in [4.69, 9.17) is 4.74 Å². The molecule has 1 N–H and O–H groups in total. The van der Waals surface area contributed by atoms with Crippen molar-refractivity contribution >= 4 is 29.6 Å². The van der Waals surface area contributed by atoms with Crippen molar-refractivity contribution in [3.05, 3.63) is 29.8 Å². The van der Waals surface area contributed by atoms with E-state index in [-0.39, 0.29) is 24.4 Å². The molecule has 0 spiro atoms. The van der Waals surface area contributed by atoms with Crippen molar-refractivity contribution in [2.45, 2.75) is 44.9 Å². The Balaban J connectivity index is 1.80. The smallest absolute Gasteiger partial charge is 0.334 e. The number of likely N-dealkylation sites (N-methyl/N-ethyl adjacent to an activating group) is 1. The number of amides is 4. The van der Waals surface area contributed by atoms with Crippen molar-refractivity contribution in [1.82, 2.24) is 25.1 Å². The van der Waals surface area contributed by atoms with Gasteiger partial charge in [0.2, 0.25) is 11.8 Å². The normalized spacial score (nSPS) is 21.3. The third kappa shape index (κ3) is 5.73. The van der Waals surface area contributed by atoms with Gasteiger partial charge in [-0.3, -0.25) is 9.59 Å². The fraction of sp³-hybridized carbons (Fsp3) is 0.609. The predicted octanol–water partition coefficient (Wildman–Crippen LogP) is 1.99. The Morgan fingerprint density at radius 1 is 1.24 bits per heavy atom. The molecule has 9 nitrogen and oxygen atoms in total. The molecule has 0 unspecified atom stereocenters.